The minimum atomic E-state index is -0.532. The Morgan fingerprint density at radius 2 is 2.06 bits per heavy atom. The predicted octanol–water partition coefficient (Wildman–Crippen LogP) is -0.0969. The molecule has 1 aliphatic heterocycles. The molecule has 7 heteroatoms. The minimum Gasteiger partial charge on any atom is -0.460 e. The zero-order chi connectivity index (χ0) is 12.1. The van der Waals surface area contributed by atoms with Crippen LogP contribution in [-0.4, -0.2) is 40.2 Å². The molecule has 1 aliphatic rings. The molecule has 1 aromatic rings. The van der Waals surface area contributed by atoms with E-state index in [1.807, 2.05) is 0 Å². The fourth-order valence-corrected chi connectivity index (χ4v) is 1.74. The number of piperidine rings is 1. The van der Waals surface area contributed by atoms with E-state index in [0.717, 1.165) is 12.8 Å². The molecule has 0 aromatic carbocycles. The molecule has 1 saturated heterocycles. The molecule has 3 N–H and O–H groups in total. The van der Waals surface area contributed by atoms with Crippen molar-refractivity contribution in [3.63, 3.8) is 0 Å². The van der Waals surface area contributed by atoms with Crippen LogP contribution in [0.2, 0.25) is 0 Å². The SMILES string of the molecule is NC(=O)NN1CCC(Oc2ncccn2)CC1. The average Bonchev–Trinajstić information content (AvgIpc) is 2.32. The first kappa shape index (κ1) is 11.6. The molecule has 17 heavy (non-hydrogen) atoms. The number of rotatable bonds is 3. The number of primary amides is 1. The highest BCUT2D eigenvalue weighted by molar-refractivity contribution is 5.70. The number of carbonyl (C=O) groups is 1. The van der Waals surface area contributed by atoms with Crippen LogP contribution >= 0.6 is 0 Å². The van der Waals surface area contributed by atoms with Gasteiger partial charge in [0.15, 0.2) is 0 Å². The summed E-state index contributed by atoms with van der Waals surface area (Å²) in [6.07, 6.45) is 4.98. The van der Waals surface area contributed by atoms with Gasteiger partial charge in [0.25, 0.3) is 0 Å². The van der Waals surface area contributed by atoms with E-state index < -0.39 is 6.03 Å². The number of urea groups is 1. The van der Waals surface area contributed by atoms with Crippen molar-refractivity contribution in [2.24, 2.45) is 5.73 Å². The van der Waals surface area contributed by atoms with Gasteiger partial charge >= 0.3 is 12.0 Å². The maximum Gasteiger partial charge on any atom is 0.326 e. The summed E-state index contributed by atoms with van der Waals surface area (Å²) in [5.41, 5.74) is 7.59. The molecule has 0 aliphatic carbocycles. The lowest BCUT2D eigenvalue weighted by atomic mass is 10.1. The Bertz CT molecular complexity index is 364. The maximum absolute atomic E-state index is 10.7. The van der Waals surface area contributed by atoms with Gasteiger partial charge in [0.05, 0.1) is 0 Å². The summed E-state index contributed by atoms with van der Waals surface area (Å²) in [6, 6.07) is 1.61. The number of carbonyl (C=O) groups excluding carboxylic acids is 1. The maximum atomic E-state index is 10.7. The van der Waals surface area contributed by atoms with Crippen LogP contribution in [0.25, 0.3) is 0 Å². The first-order chi connectivity index (χ1) is 8.24. The Kier molecular flexibility index (Phi) is 3.71. The zero-order valence-corrected chi connectivity index (χ0v) is 9.37. The number of hydrazine groups is 1. The van der Waals surface area contributed by atoms with Crippen LogP contribution < -0.4 is 15.9 Å². The molecule has 2 amide bonds. The molecule has 2 rings (SSSR count). The Balaban J connectivity index is 1.78. The summed E-state index contributed by atoms with van der Waals surface area (Å²) >= 11 is 0. The third kappa shape index (κ3) is 3.56. The molecule has 2 heterocycles. The molecule has 0 spiro atoms. The second kappa shape index (κ2) is 5.44. The molecule has 1 fully saturated rings. The number of ether oxygens (including phenoxy) is 1. The van der Waals surface area contributed by atoms with Crippen LogP contribution in [0.5, 0.6) is 6.01 Å². The highest BCUT2D eigenvalue weighted by atomic mass is 16.5. The minimum absolute atomic E-state index is 0.0864. The molecular formula is C10H15N5O2. The van der Waals surface area contributed by atoms with Crippen molar-refractivity contribution in [3.8, 4) is 6.01 Å². The quantitative estimate of drug-likeness (QED) is 0.766. The van der Waals surface area contributed by atoms with Gasteiger partial charge in [0.2, 0.25) is 0 Å². The van der Waals surface area contributed by atoms with Gasteiger partial charge in [-0.25, -0.2) is 19.8 Å². The first-order valence-corrected chi connectivity index (χ1v) is 5.49. The molecular weight excluding hydrogens is 222 g/mol. The van der Waals surface area contributed by atoms with Gasteiger partial charge in [-0.05, 0) is 18.9 Å². The fraction of sp³-hybridized carbons (Fsp3) is 0.500. The largest absolute Gasteiger partial charge is 0.460 e. The van der Waals surface area contributed by atoms with Gasteiger partial charge in [-0.15, -0.1) is 0 Å². The highest BCUT2D eigenvalue weighted by Gasteiger charge is 2.21. The van der Waals surface area contributed by atoms with Gasteiger partial charge < -0.3 is 10.5 Å². The lowest BCUT2D eigenvalue weighted by Gasteiger charge is -2.30. The van der Waals surface area contributed by atoms with Gasteiger partial charge in [-0.2, -0.15) is 0 Å². The Labute approximate surface area is 98.9 Å². The van der Waals surface area contributed by atoms with Crippen LogP contribution in [0.15, 0.2) is 18.5 Å². The summed E-state index contributed by atoms with van der Waals surface area (Å²) in [7, 11) is 0. The zero-order valence-electron chi connectivity index (χ0n) is 9.37. The van der Waals surface area contributed by atoms with Crippen LogP contribution in [0.3, 0.4) is 0 Å². The third-order valence-corrected chi connectivity index (χ3v) is 2.52. The summed E-state index contributed by atoms with van der Waals surface area (Å²) in [6.45, 7) is 1.42. The van der Waals surface area contributed by atoms with E-state index in [2.05, 4.69) is 15.4 Å². The van der Waals surface area contributed by atoms with Crippen LogP contribution in [-0.2, 0) is 0 Å². The van der Waals surface area contributed by atoms with Gasteiger partial charge in [-0.3, -0.25) is 5.43 Å². The van der Waals surface area contributed by atoms with Crippen molar-refractivity contribution in [1.82, 2.24) is 20.4 Å². The average molecular weight is 237 g/mol. The Morgan fingerprint density at radius 1 is 1.41 bits per heavy atom. The number of amides is 2. The molecule has 0 bridgehead atoms. The predicted molar refractivity (Wildman–Crippen MR) is 60.0 cm³/mol. The van der Waals surface area contributed by atoms with E-state index in [4.69, 9.17) is 10.5 Å². The molecule has 0 radical (unpaired) electrons. The van der Waals surface area contributed by atoms with Crippen molar-refractivity contribution in [2.45, 2.75) is 18.9 Å². The Morgan fingerprint density at radius 3 is 2.65 bits per heavy atom. The lowest BCUT2D eigenvalue weighted by molar-refractivity contribution is 0.0728. The third-order valence-electron chi connectivity index (χ3n) is 2.52. The molecule has 0 unspecified atom stereocenters. The van der Waals surface area contributed by atoms with Crippen LogP contribution in [0.1, 0.15) is 12.8 Å². The number of nitrogens with two attached hydrogens (primary N) is 1. The van der Waals surface area contributed by atoms with E-state index in [-0.39, 0.29) is 6.10 Å². The molecule has 7 nitrogen and oxygen atoms in total. The number of nitrogens with zero attached hydrogens (tertiary/aromatic N) is 3. The number of aromatic nitrogens is 2. The van der Waals surface area contributed by atoms with E-state index in [0.29, 0.717) is 19.1 Å². The fourth-order valence-electron chi connectivity index (χ4n) is 1.74. The van der Waals surface area contributed by atoms with Gasteiger partial charge in [-0.1, -0.05) is 0 Å². The van der Waals surface area contributed by atoms with Crippen LogP contribution in [0, 0.1) is 0 Å². The highest BCUT2D eigenvalue weighted by Crippen LogP contribution is 2.13. The van der Waals surface area contributed by atoms with Crippen molar-refractivity contribution in [3.05, 3.63) is 18.5 Å². The summed E-state index contributed by atoms with van der Waals surface area (Å²) in [5, 5.41) is 1.79. The van der Waals surface area contributed by atoms with E-state index in [9.17, 15) is 4.79 Å². The summed E-state index contributed by atoms with van der Waals surface area (Å²) in [5.74, 6) is 0. The monoisotopic (exact) mass is 237 g/mol. The van der Waals surface area contributed by atoms with Gasteiger partial charge in [0, 0.05) is 25.5 Å². The second-order valence-electron chi connectivity index (χ2n) is 3.81. The van der Waals surface area contributed by atoms with Crippen molar-refractivity contribution in [2.75, 3.05) is 13.1 Å². The number of hydrogen-bond acceptors (Lipinski definition) is 5. The molecule has 1 aromatic heterocycles. The summed E-state index contributed by atoms with van der Waals surface area (Å²) < 4.78 is 5.62. The Hall–Kier alpha value is -1.89. The number of hydrogen-bond donors (Lipinski definition) is 2. The van der Waals surface area contributed by atoms with E-state index in [1.165, 1.54) is 0 Å². The second-order valence-corrected chi connectivity index (χ2v) is 3.81. The van der Waals surface area contributed by atoms with Crippen LogP contribution in [0.4, 0.5) is 4.79 Å². The van der Waals surface area contributed by atoms with E-state index >= 15 is 0 Å². The van der Waals surface area contributed by atoms with Crippen molar-refractivity contribution < 1.29 is 9.53 Å². The molecule has 92 valence electrons. The smallest absolute Gasteiger partial charge is 0.326 e. The summed E-state index contributed by atoms with van der Waals surface area (Å²) in [4.78, 5) is 18.7. The molecule has 0 atom stereocenters. The normalized spacial score (nSPS) is 17.6. The van der Waals surface area contributed by atoms with E-state index in [1.54, 1.807) is 23.5 Å². The topological polar surface area (TPSA) is 93.4 Å². The lowest BCUT2D eigenvalue weighted by Crippen LogP contribution is -2.50. The molecule has 0 saturated carbocycles. The first-order valence-electron chi connectivity index (χ1n) is 5.49. The standard InChI is InChI=1S/C10H15N5O2/c11-9(16)14-15-6-2-8(3-7-15)17-10-12-4-1-5-13-10/h1,4-5,8H,2-3,6-7H2,(H3,11,14,16). The van der Waals surface area contributed by atoms with Crippen molar-refractivity contribution >= 4 is 6.03 Å². The van der Waals surface area contributed by atoms with Crippen molar-refractivity contribution in [1.29, 1.82) is 0 Å². The van der Waals surface area contributed by atoms with Gasteiger partial charge in [0.1, 0.15) is 6.10 Å². The number of nitrogens with one attached hydrogen (secondary N) is 1.